The van der Waals surface area contributed by atoms with Crippen molar-refractivity contribution in [3.63, 3.8) is 0 Å². The van der Waals surface area contributed by atoms with Crippen molar-refractivity contribution in [1.29, 1.82) is 0 Å². The zero-order valence-corrected chi connectivity index (χ0v) is 17.9. The number of urea groups is 1. The molecule has 8 heteroatoms. The largest absolute Gasteiger partial charge is 0.350 e. The first-order valence-electron chi connectivity index (χ1n) is 11.1. The highest BCUT2D eigenvalue weighted by atomic mass is 16.2. The topological polar surface area (TPSA) is 117 Å². The number of hydrogen-bond donors (Lipinski definition) is 4. The molecule has 4 rings (SSSR count). The lowest BCUT2D eigenvalue weighted by Crippen LogP contribution is -2.50. The van der Waals surface area contributed by atoms with Gasteiger partial charge in [-0.1, -0.05) is 36.8 Å². The van der Waals surface area contributed by atoms with Gasteiger partial charge in [0, 0.05) is 24.0 Å². The van der Waals surface area contributed by atoms with E-state index in [0.29, 0.717) is 30.3 Å². The maximum atomic E-state index is 12.9. The van der Waals surface area contributed by atoms with Gasteiger partial charge in [-0.3, -0.25) is 9.59 Å². The Labute approximate surface area is 187 Å². The lowest BCUT2D eigenvalue weighted by atomic mass is 10.0. The van der Waals surface area contributed by atoms with Gasteiger partial charge in [0.05, 0.1) is 6.54 Å². The molecule has 0 spiro atoms. The van der Waals surface area contributed by atoms with Crippen LogP contribution in [0.3, 0.4) is 0 Å². The molecule has 2 fully saturated rings. The van der Waals surface area contributed by atoms with Crippen LogP contribution >= 0.6 is 0 Å². The van der Waals surface area contributed by atoms with Crippen molar-refractivity contribution in [2.75, 3.05) is 17.2 Å². The molecule has 2 aliphatic rings. The number of nitrogens with one attached hydrogen (secondary N) is 3. The van der Waals surface area contributed by atoms with Crippen molar-refractivity contribution in [2.45, 2.75) is 44.3 Å². The standard InChI is InChI=1S/C24H29N5O3/c25-14-22(30)29-20-11-5-7-17(20)13-21(29)23(31)26-15-16-6-4-10-19(12-16)28-24(32)27-18-8-2-1-3-9-18/h1-4,6,8-10,12,17,20-21H,5,7,11,13-15,25H2,(H,26,31)(H2,27,28,32)/t17-,20-,21-/m0/s1. The molecule has 0 unspecified atom stereocenters. The van der Waals surface area contributed by atoms with Gasteiger partial charge in [-0.2, -0.15) is 0 Å². The van der Waals surface area contributed by atoms with Gasteiger partial charge in [0.15, 0.2) is 0 Å². The number of benzene rings is 2. The first-order chi connectivity index (χ1) is 15.5. The van der Waals surface area contributed by atoms with Gasteiger partial charge < -0.3 is 26.6 Å². The normalized spacial score (nSPS) is 21.7. The third-order valence-corrected chi connectivity index (χ3v) is 6.29. The van der Waals surface area contributed by atoms with Crippen LogP contribution in [0.2, 0.25) is 0 Å². The predicted molar refractivity (Wildman–Crippen MR) is 123 cm³/mol. The van der Waals surface area contributed by atoms with Crippen LogP contribution in [0, 0.1) is 5.92 Å². The highest BCUT2D eigenvalue weighted by Crippen LogP contribution is 2.41. The molecule has 8 nitrogen and oxygen atoms in total. The molecule has 168 valence electrons. The molecule has 1 saturated carbocycles. The number of nitrogens with zero attached hydrogens (tertiary/aromatic N) is 1. The summed E-state index contributed by atoms with van der Waals surface area (Å²) in [5.74, 6) is 0.0773. The Morgan fingerprint density at radius 2 is 1.72 bits per heavy atom. The highest BCUT2D eigenvalue weighted by molar-refractivity contribution is 5.99. The summed E-state index contributed by atoms with van der Waals surface area (Å²) in [5, 5.41) is 8.53. The quantitative estimate of drug-likeness (QED) is 0.558. The van der Waals surface area contributed by atoms with Crippen LogP contribution in [0.1, 0.15) is 31.2 Å². The number of rotatable bonds is 6. The first-order valence-corrected chi connectivity index (χ1v) is 11.1. The summed E-state index contributed by atoms with van der Waals surface area (Å²) in [6.45, 7) is 0.233. The Hall–Kier alpha value is -3.39. The number of para-hydroxylation sites is 1. The average molecular weight is 436 g/mol. The number of likely N-dealkylation sites (tertiary alicyclic amines) is 1. The summed E-state index contributed by atoms with van der Waals surface area (Å²) in [5.41, 5.74) is 7.78. The second-order valence-corrected chi connectivity index (χ2v) is 8.38. The maximum absolute atomic E-state index is 12.9. The van der Waals surface area contributed by atoms with Crippen LogP contribution in [0.4, 0.5) is 16.2 Å². The fourth-order valence-corrected chi connectivity index (χ4v) is 4.87. The van der Waals surface area contributed by atoms with Crippen LogP contribution in [0.15, 0.2) is 54.6 Å². The molecule has 3 atom stereocenters. The fourth-order valence-electron chi connectivity index (χ4n) is 4.87. The van der Waals surface area contributed by atoms with Gasteiger partial charge in [0.1, 0.15) is 6.04 Å². The number of hydrogen-bond acceptors (Lipinski definition) is 4. The van der Waals surface area contributed by atoms with Crippen molar-refractivity contribution in [1.82, 2.24) is 10.2 Å². The van der Waals surface area contributed by atoms with E-state index < -0.39 is 6.04 Å². The van der Waals surface area contributed by atoms with Crippen molar-refractivity contribution in [2.24, 2.45) is 11.7 Å². The molecule has 5 N–H and O–H groups in total. The van der Waals surface area contributed by atoms with E-state index in [1.807, 2.05) is 36.4 Å². The molecule has 1 saturated heterocycles. The zero-order valence-electron chi connectivity index (χ0n) is 17.9. The second-order valence-electron chi connectivity index (χ2n) is 8.38. The molecule has 2 aromatic carbocycles. The van der Waals surface area contributed by atoms with Crippen molar-refractivity contribution in [3.05, 3.63) is 60.2 Å². The molecule has 0 radical (unpaired) electrons. The molecular formula is C24H29N5O3. The lowest BCUT2D eigenvalue weighted by Gasteiger charge is -2.28. The molecule has 0 aromatic heterocycles. The number of fused-ring (bicyclic) bond motifs is 1. The molecule has 1 heterocycles. The van der Waals surface area contributed by atoms with Crippen LogP contribution in [-0.4, -0.2) is 41.4 Å². The van der Waals surface area contributed by atoms with E-state index in [2.05, 4.69) is 16.0 Å². The SMILES string of the molecule is NCC(=O)N1[C@H](C(=O)NCc2cccc(NC(=O)Nc3ccccc3)c2)C[C@@H]2CCC[C@@H]21. The predicted octanol–water partition coefficient (Wildman–Crippen LogP) is 2.68. The van der Waals surface area contributed by atoms with E-state index in [4.69, 9.17) is 5.73 Å². The van der Waals surface area contributed by atoms with E-state index in [0.717, 1.165) is 24.8 Å². The molecule has 1 aliphatic heterocycles. The Kier molecular flexibility index (Phi) is 6.70. The van der Waals surface area contributed by atoms with Crippen molar-refractivity contribution in [3.8, 4) is 0 Å². The summed E-state index contributed by atoms with van der Waals surface area (Å²) in [7, 11) is 0. The smallest absolute Gasteiger partial charge is 0.323 e. The number of amides is 4. The van der Waals surface area contributed by atoms with Crippen LogP contribution < -0.4 is 21.7 Å². The van der Waals surface area contributed by atoms with E-state index in [1.54, 1.807) is 23.1 Å². The van der Waals surface area contributed by atoms with Crippen LogP contribution in [-0.2, 0) is 16.1 Å². The maximum Gasteiger partial charge on any atom is 0.323 e. The summed E-state index contributed by atoms with van der Waals surface area (Å²) in [4.78, 5) is 39.3. The minimum atomic E-state index is -0.459. The monoisotopic (exact) mass is 435 g/mol. The molecule has 32 heavy (non-hydrogen) atoms. The minimum absolute atomic E-state index is 0.0776. The third kappa shape index (κ3) is 4.91. The van der Waals surface area contributed by atoms with Gasteiger partial charge in [-0.15, -0.1) is 0 Å². The van der Waals surface area contributed by atoms with Crippen LogP contribution in [0.25, 0.3) is 0 Å². The van der Waals surface area contributed by atoms with E-state index in [-0.39, 0.29) is 30.4 Å². The number of carbonyl (C=O) groups excluding carboxylic acids is 3. The number of carbonyl (C=O) groups is 3. The summed E-state index contributed by atoms with van der Waals surface area (Å²) >= 11 is 0. The lowest BCUT2D eigenvalue weighted by molar-refractivity contribution is -0.139. The third-order valence-electron chi connectivity index (χ3n) is 6.29. The van der Waals surface area contributed by atoms with E-state index in [9.17, 15) is 14.4 Å². The molecule has 0 bridgehead atoms. The van der Waals surface area contributed by atoms with Crippen LogP contribution in [0.5, 0.6) is 0 Å². The summed E-state index contributed by atoms with van der Waals surface area (Å²) < 4.78 is 0. The number of anilines is 2. The average Bonchev–Trinajstić information content (AvgIpc) is 3.39. The van der Waals surface area contributed by atoms with Gasteiger partial charge in [-0.25, -0.2) is 4.79 Å². The first kappa shape index (κ1) is 21.8. The zero-order chi connectivity index (χ0) is 22.5. The van der Waals surface area contributed by atoms with E-state index in [1.165, 1.54) is 0 Å². The van der Waals surface area contributed by atoms with Gasteiger partial charge in [0.2, 0.25) is 11.8 Å². The Balaban J connectivity index is 1.34. The van der Waals surface area contributed by atoms with Gasteiger partial charge in [0.25, 0.3) is 0 Å². The fraction of sp³-hybridized carbons (Fsp3) is 0.375. The molecule has 2 aromatic rings. The van der Waals surface area contributed by atoms with Gasteiger partial charge in [-0.05, 0) is 55.0 Å². The van der Waals surface area contributed by atoms with Crippen molar-refractivity contribution >= 4 is 29.2 Å². The Morgan fingerprint density at radius 1 is 0.969 bits per heavy atom. The number of nitrogens with two attached hydrogens (primary N) is 1. The Bertz CT molecular complexity index is 981. The second kappa shape index (κ2) is 9.82. The van der Waals surface area contributed by atoms with Crippen molar-refractivity contribution < 1.29 is 14.4 Å². The Morgan fingerprint density at radius 3 is 2.50 bits per heavy atom. The van der Waals surface area contributed by atoms with Gasteiger partial charge >= 0.3 is 6.03 Å². The molecular weight excluding hydrogens is 406 g/mol. The summed E-state index contributed by atoms with van der Waals surface area (Å²) in [6.07, 6.45) is 3.79. The minimum Gasteiger partial charge on any atom is -0.350 e. The summed E-state index contributed by atoms with van der Waals surface area (Å²) in [6, 6.07) is 15.8. The molecule has 1 aliphatic carbocycles. The van der Waals surface area contributed by atoms with E-state index >= 15 is 0 Å². The highest BCUT2D eigenvalue weighted by Gasteiger charge is 2.48. The molecule has 4 amide bonds.